The van der Waals surface area contributed by atoms with Gasteiger partial charge in [-0.15, -0.1) is 0 Å². The Labute approximate surface area is 131 Å². The predicted octanol–water partition coefficient (Wildman–Crippen LogP) is 4.51. The van der Waals surface area contributed by atoms with Crippen LogP contribution in [0.1, 0.15) is 24.0 Å². The molecule has 1 heterocycles. The normalized spacial score (nSPS) is 11.0. The molecule has 3 heteroatoms. The van der Waals surface area contributed by atoms with Crippen LogP contribution in [-0.2, 0) is 6.54 Å². The molecule has 0 spiro atoms. The Kier molecular flexibility index (Phi) is 4.42. The molecule has 0 radical (unpaired) electrons. The van der Waals surface area contributed by atoms with Crippen molar-refractivity contribution in [3.8, 4) is 5.75 Å². The summed E-state index contributed by atoms with van der Waals surface area (Å²) < 4.78 is 7.97. The Morgan fingerprint density at radius 1 is 1.00 bits per heavy atom. The van der Waals surface area contributed by atoms with E-state index in [9.17, 15) is 0 Å². The highest BCUT2D eigenvalue weighted by Gasteiger charge is 2.03. The fraction of sp³-hybridized carbons (Fsp3) is 0.316. The molecule has 0 amide bonds. The van der Waals surface area contributed by atoms with Crippen LogP contribution < -0.4 is 4.74 Å². The van der Waals surface area contributed by atoms with Crippen LogP contribution >= 0.6 is 0 Å². The summed E-state index contributed by atoms with van der Waals surface area (Å²) in [6.07, 6.45) is 4.03. The third kappa shape index (κ3) is 3.14. The zero-order valence-electron chi connectivity index (χ0n) is 13.2. The minimum atomic E-state index is 0.753. The van der Waals surface area contributed by atoms with Crippen molar-refractivity contribution >= 4 is 10.9 Å². The van der Waals surface area contributed by atoms with E-state index >= 15 is 0 Å². The van der Waals surface area contributed by atoms with E-state index in [-0.39, 0.29) is 0 Å². The van der Waals surface area contributed by atoms with Crippen molar-refractivity contribution in [3.05, 3.63) is 59.8 Å². The lowest BCUT2D eigenvalue weighted by Gasteiger charge is -2.10. The van der Waals surface area contributed by atoms with Gasteiger partial charge in [-0.2, -0.15) is 5.10 Å². The molecule has 0 aliphatic rings. The Bertz CT molecular complexity index is 761. The minimum Gasteiger partial charge on any atom is -0.493 e. The van der Waals surface area contributed by atoms with E-state index < -0.39 is 0 Å². The number of ether oxygens (including phenoxy) is 1. The number of aryl methyl sites for hydroxylation is 2. The smallest absolute Gasteiger partial charge is 0.122 e. The number of nitrogens with zero attached hydrogens (tertiary/aromatic N) is 2. The van der Waals surface area contributed by atoms with E-state index in [1.54, 1.807) is 0 Å². The lowest BCUT2D eigenvalue weighted by atomic mass is 10.1. The summed E-state index contributed by atoms with van der Waals surface area (Å²) in [6.45, 7) is 5.92. The largest absolute Gasteiger partial charge is 0.493 e. The topological polar surface area (TPSA) is 27.1 Å². The maximum Gasteiger partial charge on any atom is 0.122 e. The quantitative estimate of drug-likeness (QED) is 0.625. The van der Waals surface area contributed by atoms with Crippen molar-refractivity contribution in [1.82, 2.24) is 9.78 Å². The van der Waals surface area contributed by atoms with E-state index in [1.807, 2.05) is 24.4 Å². The van der Waals surface area contributed by atoms with Crippen LogP contribution in [0.4, 0.5) is 0 Å². The summed E-state index contributed by atoms with van der Waals surface area (Å²) in [5, 5.41) is 5.66. The molecular formula is C19H22N2O. The molecule has 0 aliphatic heterocycles. The van der Waals surface area contributed by atoms with Gasteiger partial charge >= 0.3 is 0 Å². The fourth-order valence-corrected chi connectivity index (χ4v) is 2.63. The number of benzene rings is 2. The predicted molar refractivity (Wildman–Crippen MR) is 90.4 cm³/mol. The van der Waals surface area contributed by atoms with Crippen LogP contribution in [0.2, 0.25) is 0 Å². The molecule has 0 N–H and O–H groups in total. The van der Waals surface area contributed by atoms with Crippen LogP contribution in [0.5, 0.6) is 5.75 Å². The molecule has 22 heavy (non-hydrogen) atoms. The highest BCUT2D eigenvalue weighted by molar-refractivity contribution is 5.78. The second-order valence-electron chi connectivity index (χ2n) is 5.68. The maximum atomic E-state index is 5.89. The molecule has 0 fully saturated rings. The van der Waals surface area contributed by atoms with Gasteiger partial charge in [0, 0.05) is 11.9 Å². The molecule has 0 saturated heterocycles. The Hall–Kier alpha value is -2.29. The van der Waals surface area contributed by atoms with Crippen molar-refractivity contribution in [2.45, 2.75) is 33.2 Å². The van der Waals surface area contributed by atoms with Crippen LogP contribution in [0.25, 0.3) is 10.9 Å². The standard InChI is InChI=1S/C19H22N2O/c1-15-8-7-11-19(16(15)2)22-13-6-5-12-21-18-10-4-3-9-17(18)14-20-21/h3-4,7-11,14H,5-6,12-13H2,1-2H3. The summed E-state index contributed by atoms with van der Waals surface area (Å²) >= 11 is 0. The van der Waals surface area contributed by atoms with Gasteiger partial charge in [-0.25, -0.2) is 0 Å². The van der Waals surface area contributed by atoms with Gasteiger partial charge in [-0.05, 0) is 49.9 Å². The van der Waals surface area contributed by atoms with E-state index in [1.165, 1.54) is 22.0 Å². The first-order valence-electron chi connectivity index (χ1n) is 7.85. The van der Waals surface area contributed by atoms with Gasteiger partial charge in [-0.3, -0.25) is 4.68 Å². The number of fused-ring (bicyclic) bond motifs is 1. The minimum absolute atomic E-state index is 0.753. The van der Waals surface area contributed by atoms with Crippen molar-refractivity contribution in [3.63, 3.8) is 0 Å². The molecule has 0 atom stereocenters. The van der Waals surface area contributed by atoms with Gasteiger partial charge < -0.3 is 4.74 Å². The summed E-state index contributed by atoms with van der Waals surface area (Å²) in [5.41, 5.74) is 3.72. The average Bonchev–Trinajstić information content (AvgIpc) is 2.94. The van der Waals surface area contributed by atoms with E-state index in [0.29, 0.717) is 0 Å². The first-order valence-corrected chi connectivity index (χ1v) is 7.85. The van der Waals surface area contributed by atoms with Crippen LogP contribution in [0.3, 0.4) is 0 Å². The molecule has 0 aliphatic carbocycles. The number of hydrogen-bond acceptors (Lipinski definition) is 2. The van der Waals surface area contributed by atoms with Crippen LogP contribution in [0, 0.1) is 13.8 Å². The molecular weight excluding hydrogens is 272 g/mol. The molecule has 3 rings (SSSR count). The number of unbranched alkanes of at least 4 members (excludes halogenated alkanes) is 1. The van der Waals surface area contributed by atoms with Gasteiger partial charge in [0.25, 0.3) is 0 Å². The van der Waals surface area contributed by atoms with Crippen molar-refractivity contribution < 1.29 is 4.74 Å². The van der Waals surface area contributed by atoms with E-state index in [0.717, 1.165) is 31.7 Å². The number of rotatable bonds is 6. The first-order chi connectivity index (χ1) is 10.8. The zero-order chi connectivity index (χ0) is 15.4. The molecule has 0 saturated carbocycles. The van der Waals surface area contributed by atoms with Gasteiger partial charge in [-0.1, -0.05) is 30.3 Å². The lowest BCUT2D eigenvalue weighted by Crippen LogP contribution is -2.04. The Balaban J connectivity index is 1.49. The first kappa shape index (κ1) is 14.6. The van der Waals surface area contributed by atoms with Crippen molar-refractivity contribution in [1.29, 1.82) is 0 Å². The lowest BCUT2D eigenvalue weighted by molar-refractivity contribution is 0.300. The third-order valence-corrected chi connectivity index (χ3v) is 4.13. The highest BCUT2D eigenvalue weighted by Crippen LogP contribution is 2.20. The molecule has 0 unspecified atom stereocenters. The number of aromatic nitrogens is 2. The van der Waals surface area contributed by atoms with Gasteiger partial charge in [0.1, 0.15) is 5.75 Å². The van der Waals surface area contributed by atoms with E-state index in [2.05, 4.69) is 47.9 Å². The second-order valence-corrected chi connectivity index (χ2v) is 5.68. The summed E-state index contributed by atoms with van der Waals surface area (Å²) in [5.74, 6) is 1.00. The van der Waals surface area contributed by atoms with Gasteiger partial charge in [0.05, 0.1) is 18.3 Å². The molecule has 0 bridgehead atoms. The Morgan fingerprint density at radius 3 is 2.77 bits per heavy atom. The average molecular weight is 294 g/mol. The Morgan fingerprint density at radius 2 is 1.86 bits per heavy atom. The van der Waals surface area contributed by atoms with E-state index in [4.69, 9.17) is 4.74 Å². The molecule has 3 aromatic rings. The summed E-state index contributed by atoms with van der Waals surface area (Å²) in [7, 11) is 0. The van der Waals surface area contributed by atoms with Crippen molar-refractivity contribution in [2.24, 2.45) is 0 Å². The summed E-state index contributed by atoms with van der Waals surface area (Å²) in [6, 6.07) is 14.5. The van der Waals surface area contributed by atoms with Crippen molar-refractivity contribution in [2.75, 3.05) is 6.61 Å². The molecule has 1 aromatic heterocycles. The van der Waals surface area contributed by atoms with Gasteiger partial charge in [0.2, 0.25) is 0 Å². The number of para-hydroxylation sites is 1. The van der Waals surface area contributed by atoms with Crippen LogP contribution in [0.15, 0.2) is 48.7 Å². The maximum absolute atomic E-state index is 5.89. The summed E-state index contributed by atoms with van der Waals surface area (Å²) in [4.78, 5) is 0. The zero-order valence-corrected chi connectivity index (χ0v) is 13.2. The van der Waals surface area contributed by atoms with Gasteiger partial charge in [0.15, 0.2) is 0 Å². The molecule has 2 aromatic carbocycles. The number of hydrogen-bond donors (Lipinski definition) is 0. The SMILES string of the molecule is Cc1cccc(OCCCCn2ncc3ccccc32)c1C. The second kappa shape index (κ2) is 6.65. The molecule has 3 nitrogen and oxygen atoms in total. The van der Waals surface area contributed by atoms with Crippen LogP contribution in [-0.4, -0.2) is 16.4 Å². The highest BCUT2D eigenvalue weighted by atomic mass is 16.5. The molecule has 114 valence electrons. The monoisotopic (exact) mass is 294 g/mol. The fourth-order valence-electron chi connectivity index (χ4n) is 2.63. The third-order valence-electron chi connectivity index (χ3n) is 4.13.